The lowest BCUT2D eigenvalue weighted by Gasteiger charge is -2.08. The van der Waals surface area contributed by atoms with Gasteiger partial charge >= 0.3 is 0 Å². The summed E-state index contributed by atoms with van der Waals surface area (Å²) in [5, 5.41) is 3.13. The van der Waals surface area contributed by atoms with Crippen LogP contribution in [0.3, 0.4) is 0 Å². The molecule has 1 heterocycles. The number of rotatable bonds is 3. The molecule has 0 aliphatic rings. The summed E-state index contributed by atoms with van der Waals surface area (Å²) in [7, 11) is 1.56. The fourth-order valence-electron chi connectivity index (χ4n) is 1.42. The zero-order chi connectivity index (χ0) is 13.0. The lowest BCUT2D eigenvalue weighted by atomic mass is 10.2. The fourth-order valence-corrected chi connectivity index (χ4v) is 1.63. The number of carbonyl (C=O) groups excluding carboxylic acids is 1. The molecule has 92 valence electrons. The maximum absolute atomic E-state index is 11.9. The third-order valence-corrected chi connectivity index (χ3v) is 2.66. The highest BCUT2D eigenvalue weighted by molar-refractivity contribution is 6.34. The Kier molecular flexibility index (Phi) is 3.79. The van der Waals surface area contributed by atoms with Gasteiger partial charge in [-0.15, -0.1) is 0 Å². The van der Waals surface area contributed by atoms with Gasteiger partial charge in [-0.25, -0.2) is 0 Å². The Morgan fingerprint density at radius 3 is 2.83 bits per heavy atom. The van der Waals surface area contributed by atoms with E-state index in [4.69, 9.17) is 16.3 Å². The molecule has 0 bridgehead atoms. The molecule has 0 atom stereocenters. The predicted molar refractivity (Wildman–Crippen MR) is 70.2 cm³/mol. The average Bonchev–Trinajstić information content (AvgIpc) is 2.42. The topological polar surface area (TPSA) is 51.2 Å². The molecule has 0 unspecified atom stereocenters. The summed E-state index contributed by atoms with van der Waals surface area (Å²) < 4.78 is 5.03. The number of carbonyl (C=O) groups is 1. The van der Waals surface area contributed by atoms with Gasteiger partial charge in [0.25, 0.3) is 5.91 Å². The van der Waals surface area contributed by atoms with Crippen molar-refractivity contribution in [2.24, 2.45) is 0 Å². The van der Waals surface area contributed by atoms with Gasteiger partial charge in [0, 0.05) is 18.5 Å². The van der Waals surface area contributed by atoms with E-state index in [1.807, 2.05) is 0 Å². The van der Waals surface area contributed by atoms with Crippen molar-refractivity contribution in [2.45, 2.75) is 0 Å². The Morgan fingerprint density at radius 1 is 1.39 bits per heavy atom. The van der Waals surface area contributed by atoms with Crippen molar-refractivity contribution in [3.8, 4) is 5.75 Å². The summed E-state index contributed by atoms with van der Waals surface area (Å²) >= 11 is 6.03. The van der Waals surface area contributed by atoms with Gasteiger partial charge in [0.05, 0.1) is 23.4 Å². The normalized spacial score (nSPS) is 9.89. The van der Waals surface area contributed by atoms with E-state index in [1.54, 1.807) is 43.6 Å². The van der Waals surface area contributed by atoms with Crippen LogP contribution in [-0.4, -0.2) is 18.0 Å². The molecule has 0 saturated heterocycles. The van der Waals surface area contributed by atoms with E-state index in [1.165, 1.54) is 6.20 Å². The molecule has 5 heteroatoms. The highest BCUT2D eigenvalue weighted by atomic mass is 35.5. The zero-order valence-corrected chi connectivity index (χ0v) is 10.4. The van der Waals surface area contributed by atoms with Gasteiger partial charge in [-0.2, -0.15) is 0 Å². The first-order valence-electron chi connectivity index (χ1n) is 5.25. The Morgan fingerprint density at radius 2 is 2.22 bits per heavy atom. The molecule has 1 amide bonds. The van der Waals surface area contributed by atoms with Gasteiger partial charge in [0.15, 0.2) is 0 Å². The smallest absolute Gasteiger partial charge is 0.257 e. The minimum Gasteiger partial charge on any atom is -0.497 e. The summed E-state index contributed by atoms with van der Waals surface area (Å²) in [6.07, 6.45) is 3.10. The highest BCUT2D eigenvalue weighted by Crippen LogP contribution is 2.26. The van der Waals surface area contributed by atoms with E-state index in [0.29, 0.717) is 22.0 Å². The zero-order valence-electron chi connectivity index (χ0n) is 9.68. The largest absolute Gasteiger partial charge is 0.497 e. The molecular weight excluding hydrogens is 252 g/mol. The van der Waals surface area contributed by atoms with Crippen molar-refractivity contribution in [1.29, 1.82) is 0 Å². The third-order valence-electron chi connectivity index (χ3n) is 2.35. The Labute approximate surface area is 110 Å². The maximum Gasteiger partial charge on any atom is 0.257 e. The second-order valence-electron chi connectivity index (χ2n) is 3.54. The number of nitrogens with zero attached hydrogens (tertiary/aromatic N) is 1. The summed E-state index contributed by atoms with van der Waals surface area (Å²) in [5.74, 6) is 0.384. The summed E-state index contributed by atoms with van der Waals surface area (Å²) in [6.45, 7) is 0. The van der Waals surface area contributed by atoms with Crippen LogP contribution in [0.4, 0.5) is 5.69 Å². The van der Waals surface area contributed by atoms with Crippen LogP contribution in [0.1, 0.15) is 10.4 Å². The first kappa shape index (κ1) is 12.4. The highest BCUT2D eigenvalue weighted by Gasteiger charge is 2.08. The molecule has 2 aromatic rings. The fraction of sp³-hybridized carbons (Fsp3) is 0.0769. The molecule has 1 aromatic heterocycles. The first-order valence-corrected chi connectivity index (χ1v) is 5.63. The van der Waals surface area contributed by atoms with E-state index >= 15 is 0 Å². The number of benzene rings is 1. The number of amides is 1. The van der Waals surface area contributed by atoms with Crippen LogP contribution in [-0.2, 0) is 0 Å². The van der Waals surface area contributed by atoms with Crippen LogP contribution in [0.25, 0.3) is 0 Å². The van der Waals surface area contributed by atoms with Gasteiger partial charge in [0.2, 0.25) is 0 Å². The summed E-state index contributed by atoms with van der Waals surface area (Å²) in [6, 6.07) is 8.44. The Bertz CT molecular complexity index is 558. The van der Waals surface area contributed by atoms with E-state index in [-0.39, 0.29) is 5.91 Å². The third kappa shape index (κ3) is 2.78. The molecule has 18 heavy (non-hydrogen) atoms. The minimum absolute atomic E-state index is 0.254. The lowest BCUT2D eigenvalue weighted by molar-refractivity contribution is 0.102. The van der Waals surface area contributed by atoms with Gasteiger partial charge < -0.3 is 10.1 Å². The van der Waals surface area contributed by atoms with Crippen LogP contribution in [0.2, 0.25) is 5.02 Å². The number of aromatic nitrogens is 1. The molecule has 0 aliphatic heterocycles. The van der Waals surface area contributed by atoms with Gasteiger partial charge in [-0.05, 0) is 24.3 Å². The van der Waals surface area contributed by atoms with Crippen LogP contribution in [0, 0.1) is 0 Å². The van der Waals surface area contributed by atoms with Crippen molar-refractivity contribution in [1.82, 2.24) is 4.98 Å². The second-order valence-corrected chi connectivity index (χ2v) is 3.95. The van der Waals surface area contributed by atoms with Crippen molar-refractivity contribution in [3.05, 3.63) is 53.3 Å². The van der Waals surface area contributed by atoms with E-state index in [2.05, 4.69) is 10.3 Å². The molecule has 1 aromatic carbocycles. The summed E-state index contributed by atoms with van der Waals surface area (Å²) in [4.78, 5) is 15.8. The predicted octanol–water partition coefficient (Wildman–Crippen LogP) is 3.00. The summed E-state index contributed by atoms with van der Waals surface area (Å²) in [5.41, 5.74) is 1.01. The quantitative estimate of drug-likeness (QED) is 0.925. The molecular formula is C13H11ClN2O2. The van der Waals surface area contributed by atoms with Crippen LogP contribution >= 0.6 is 11.6 Å². The van der Waals surface area contributed by atoms with Gasteiger partial charge in [-0.1, -0.05) is 11.6 Å². The van der Waals surface area contributed by atoms with Crippen molar-refractivity contribution >= 4 is 23.2 Å². The Balaban J connectivity index is 2.17. The number of hydrogen-bond acceptors (Lipinski definition) is 3. The second kappa shape index (κ2) is 5.51. The van der Waals surface area contributed by atoms with E-state index in [9.17, 15) is 4.79 Å². The van der Waals surface area contributed by atoms with Crippen LogP contribution < -0.4 is 10.1 Å². The van der Waals surface area contributed by atoms with E-state index < -0.39 is 0 Å². The SMILES string of the molecule is COc1ccc(NC(=O)c2cccnc2)c(Cl)c1. The molecule has 4 nitrogen and oxygen atoms in total. The minimum atomic E-state index is -0.254. The van der Waals surface area contributed by atoms with Crippen molar-refractivity contribution in [3.63, 3.8) is 0 Å². The number of nitrogens with one attached hydrogen (secondary N) is 1. The van der Waals surface area contributed by atoms with Crippen molar-refractivity contribution < 1.29 is 9.53 Å². The number of halogens is 1. The number of hydrogen-bond donors (Lipinski definition) is 1. The van der Waals surface area contributed by atoms with Crippen LogP contribution in [0.5, 0.6) is 5.75 Å². The van der Waals surface area contributed by atoms with Crippen molar-refractivity contribution in [2.75, 3.05) is 12.4 Å². The average molecular weight is 263 g/mol. The standard InChI is InChI=1S/C13H11ClN2O2/c1-18-10-4-5-12(11(14)7-10)16-13(17)9-3-2-6-15-8-9/h2-8H,1H3,(H,16,17). The molecule has 1 N–H and O–H groups in total. The molecule has 2 rings (SSSR count). The Hall–Kier alpha value is -2.07. The molecule has 0 spiro atoms. The first-order chi connectivity index (χ1) is 8.70. The van der Waals surface area contributed by atoms with E-state index in [0.717, 1.165) is 0 Å². The molecule has 0 radical (unpaired) electrons. The van der Waals surface area contributed by atoms with Crippen LogP contribution in [0.15, 0.2) is 42.7 Å². The lowest BCUT2D eigenvalue weighted by Crippen LogP contribution is -2.12. The number of pyridine rings is 1. The monoisotopic (exact) mass is 262 g/mol. The molecule has 0 fully saturated rings. The number of ether oxygens (including phenoxy) is 1. The van der Waals surface area contributed by atoms with Gasteiger partial charge in [0.1, 0.15) is 5.75 Å². The molecule has 0 saturated carbocycles. The maximum atomic E-state index is 11.9. The number of methoxy groups -OCH3 is 1. The molecule has 0 aliphatic carbocycles. The van der Waals surface area contributed by atoms with Gasteiger partial charge in [-0.3, -0.25) is 9.78 Å². The number of anilines is 1.